The summed E-state index contributed by atoms with van der Waals surface area (Å²) in [7, 11) is 0. The van der Waals surface area contributed by atoms with Crippen molar-refractivity contribution in [1.82, 2.24) is 18.9 Å². The van der Waals surface area contributed by atoms with Crippen LogP contribution in [0.5, 0.6) is 0 Å². The SMILES string of the molecule is CCn1cc2c(n1)c(=O)n(Cc1ccc(C)cc1)c(=O)n2CC(=O)Nc1ccccc1F. The van der Waals surface area contributed by atoms with Gasteiger partial charge in [-0.15, -0.1) is 0 Å². The fourth-order valence-electron chi connectivity index (χ4n) is 3.45. The normalized spacial score (nSPS) is 11.1. The molecule has 1 N–H and O–H groups in total. The quantitative estimate of drug-likeness (QED) is 0.504. The Balaban J connectivity index is 1.78. The molecule has 2 aromatic heterocycles. The van der Waals surface area contributed by atoms with Crippen molar-refractivity contribution in [3.63, 3.8) is 0 Å². The third-order valence-corrected chi connectivity index (χ3v) is 5.18. The van der Waals surface area contributed by atoms with Crippen LogP contribution >= 0.6 is 0 Å². The maximum absolute atomic E-state index is 13.9. The van der Waals surface area contributed by atoms with Crippen molar-refractivity contribution in [2.24, 2.45) is 0 Å². The van der Waals surface area contributed by atoms with Gasteiger partial charge in [-0.1, -0.05) is 42.0 Å². The number of halogens is 1. The van der Waals surface area contributed by atoms with Crippen LogP contribution < -0.4 is 16.6 Å². The molecule has 0 unspecified atom stereocenters. The maximum Gasteiger partial charge on any atom is 0.332 e. The van der Waals surface area contributed by atoms with E-state index in [4.69, 9.17) is 0 Å². The molecule has 9 heteroatoms. The molecule has 0 bridgehead atoms. The van der Waals surface area contributed by atoms with Crippen LogP contribution in [-0.2, 0) is 24.4 Å². The van der Waals surface area contributed by atoms with Gasteiger partial charge >= 0.3 is 5.69 Å². The summed E-state index contributed by atoms with van der Waals surface area (Å²) in [4.78, 5) is 39.0. The number of amides is 1. The molecule has 0 aliphatic carbocycles. The number of rotatable bonds is 6. The van der Waals surface area contributed by atoms with E-state index in [0.29, 0.717) is 6.54 Å². The monoisotopic (exact) mass is 435 g/mol. The van der Waals surface area contributed by atoms with Gasteiger partial charge in [-0.25, -0.2) is 9.18 Å². The highest BCUT2D eigenvalue weighted by Gasteiger charge is 2.19. The summed E-state index contributed by atoms with van der Waals surface area (Å²) in [6.07, 6.45) is 1.56. The average molecular weight is 435 g/mol. The van der Waals surface area contributed by atoms with Gasteiger partial charge in [-0.2, -0.15) is 5.10 Å². The molecule has 0 fully saturated rings. The van der Waals surface area contributed by atoms with Crippen LogP contribution in [0.1, 0.15) is 18.1 Å². The lowest BCUT2D eigenvalue weighted by Crippen LogP contribution is -2.41. The number of carbonyl (C=O) groups is 1. The first-order valence-electron chi connectivity index (χ1n) is 10.2. The molecule has 0 atom stereocenters. The third kappa shape index (κ3) is 4.09. The number of fused-ring (bicyclic) bond motifs is 1. The predicted octanol–water partition coefficient (Wildman–Crippen LogP) is 2.51. The van der Waals surface area contributed by atoms with E-state index in [1.807, 2.05) is 38.1 Å². The predicted molar refractivity (Wildman–Crippen MR) is 119 cm³/mol. The van der Waals surface area contributed by atoms with E-state index in [0.717, 1.165) is 15.7 Å². The first-order valence-corrected chi connectivity index (χ1v) is 10.2. The molecule has 8 nitrogen and oxygen atoms in total. The fourth-order valence-corrected chi connectivity index (χ4v) is 3.45. The lowest BCUT2D eigenvalue weighted by atomic mass is 10.1. The smallest absolute Gasteiger partial charge is 0.322 e. The van der Waals surface area contributed by atoms with Gasteiger partial charge < -0.3 is 5.32 Å². The number of para-hydroxylation sites is 1. The van der Waals surface area contributed by atoms with Crippen molar-refractivity contribution in [3.05, 3.63) is 92.5 Å². The number of hydrogen-bond donors (Lipinski definition) is 1. The third-order valence-electron chi connectivity index (χ3n) is 5.18. The largest absolute Gasteiger partial charge is 0.332 e. The number of aryl methyl sites for hydroxylation is 2. The summed E-state index contributed by atoms with van der Waals surface area (Å²) < 4.78 is 17.7. The molecule has 0 saturated heterocycles. The zero-order valence-electron chi connectivity index (χ0n) is 17.7. The van der Waals surface area contributed by atoms with E-state index in [-0.39, 0.29) is 23.3 Å². The topological polar surface area (TPSA) is 90.9 Å². The Morgan fingerprint density at radius 1 is 1.06 bits per heavy atom. The summed E-state index contributed by atoms with van der Waals surface area (Å²) in [5.74, 6) is -1.18. The molecule has 32 heavy (non-hydrogen) atoms. The molecule has 2 aromatic carbocycles. The summed E-state index contributed by atoms with van der Waals surface area (Å²) in [6, 6.07) is 13.2. The van der Waals surface area contributed by atoms with Gasteiger partial charge in [0.1, 0.15) is 12.4 Å². The summed E-state index contributed by atoms with van der Waals surface area (Å²) >= 11 is 0. The van der Waals surface area contributed by atoms with Crippen LogP contribution in [-0.4, -0.2) is 24.8 Å². The molecule has 4 rings (SSSR count). The first kappa shape index (κ1) is 21.2. The van der Waals surface area contributed by atoms with Gasteiger partial charge in [-0.05, 0) is 31.5 Å². The minimum absolute atomic E-state index is 0.0130. The Kier molecular flexibility index (Phi) is 5.72. The van der Waals surface area contributed by atoms with E-state index in [1.54, 1.807) is 12.3 Å². The van der Waals surface area contributed by atoms with Crippen molar-refractivity contribution < 1.29 is 9.18 Å². The fraction of sp³-hybridized carbons (Fsp3) is 0.217. The zero-order chi connectivity index (χ0) is 22.8. The van der Waals surface area contributed by atoms with Crippen LogP contribution in [0.4, 0.5) is 10.1 Å². The number of nitrogens with one attached hydrogen (secondary N) is 1. The van der Waals surface area contributed by atoms with Gasteiger partial charge in [0, 0.05) is 12.7 Å². The van der Waals surface area contributed by atoms with Crippen LogP contribution in [0.15, 0.2) is 64.3 Å². The van der Waals surface area contributed by atoms with Gasteiger partial charge in [0.25, 0.3) is 5.56 Å². The Morgan fingerprint density at radius 2 is 1.78 bits per heavy atom. The lowest BCUT2D eigenvalue weighted by Gasteiger charge is -2.12. The van der Waals surface area contributed by atoms with E-state index in [1.165, 1.54) is 27.4 Å². The average Bonchev–Trinajstić information content (AvgIpc) is 3.22. The van der Waals surface area contributed by atoms with E-state index in [9.17, 15) is 18.8 Å². The second-order valence-corrected chi connectivity index (χ2v) is 7.49. The van der Waals surface area contributed by atoms with Crippen molar-refractivity contribution in [3.8, 4) is 0 Å². The zero-order valence-corrected chi connectivity index (χ0v) is 17.7. The Bertz CT molecular complexity index is 1420. The minimum atomic E-state index is -0.637. The van der Waals surface area contributed by atoms with Crippen LogP contribution in [0.3, 0.4) is 0 Å². The number of aromatic nitrogens is 4. The molecule has 0 aliphatic rings. The number of hydrogen-bond acceptors (Lipinski definition) is 4. The van der Waals surface area contributed by atoms with Crippen LogP contribution in [0.25, 0.3) is 11.0 Å². The highest BCUT2D eigenvalue weighted by Crippen LogP contribution is 2.13. The summed E-state index contributed by atoms with van der Waals surface area (Å²) in [5.41, 5.74) is 1.03. The molecule has 0 aliphatic heterocycles. The highest BCUT2D eigenvalue weighted by atomic mass is 19.1. The van der Waals surface area contributed by atoms with Gasteiger partial charge in [0.05, 0.1) is 17.7 Å². The molecule has 2 heterocycles. The van der Waals surface area contributed by atoms with Gasteiger partial charge in [0.2, 0.25) is 5.91 Å². The summed E-state index contributed by atoms with van der Waals surface area (Å²) in [5, 5.41) is 6.76. The van der Waals surface area contributed by atoms with E-state index < -0.39 is 29.5 Å². The molecule has 0 spiro atoms. The molecular formula is C23H22FN5O3. The molecule has 0 radical (unpaired) electrons. The molecule has 164 valence electrons. The number of nitrogens with zero attached hydrogens (tertiary/aromatic N) is 4. The highest BCUT2D eigenvalue weighted by molar-refractivity contribution is 5.91. The molecule has 0 saturated carbocycles. The van der Waals surface area contributed by atoms with E-state index >= 15 is 0 Å². The first-order chi connectivity index (χ1) is 15.4. The lowest BCUT2D eigenvalue weighted by molar-refractivity contribution is -0.116. The van der Waals surface area contributed by atoms with E-state index in [2.05, 4.69) is 10.4 Å². The van der Waals surface area contributed by atoms with Crippen LogP contribution in [0.2, 0.25) is 0 Å². The maximum atomic E-state index is 13.9. The molecule has 1 amide bonds. The van der Waals surface area contributed by atoms with Crippen molar-refractivity contribution in [2.75, 3.05) is 5.32 Å². The van der Waals surface area contributed by atoms with Crippen molar-refractivity contribution in [2.45, 2.75) is 33.5 Å². The van der Waals surface area contributed by atoms with Crippen molar-refractivity contribution in [1.29, 1.82) is 0 Å². The van der Waals surface area contributed by atoms with Crippen molar-refractivity contribution >= 4 is 22.6 Å². The Morgan fingerprint density at radius 3 is 2.47 bits per heavy atom. The second-order valence-electron chi connectivity index (χ2n) is 7.49. The van der Waals surface area contributed by atoms with Gasteiger partial charge in [-0.3, -0.25) is 23.4 Å². The van der Waals surface area contributed by atoms with Crippen LogP contribution in [0, 0.1) is 12.7 Å². The number of carbonyl (C=O) groups excluding carboxylic acids is 1. The Labute approximate surface area is 182 Å². The summed E-state index contributed by atoms with van der Waals surface area (Å²) in [6.45, 7) is 3.93. The number of anilines is 1. The molecule has 4 aromatic rings. The minimum Gasteiger partial charge on any atom is -0.322 e. The standard InChI is InChI=1S/C23H22FN5O3/c1-3-27-13-19-21(26-27)22(31)29(12-16-10-8-15(2)9-11-16)23(32)28(19)14-20(30)25-18-7-5-4-6-17(18)24/h4-11,13H,3,12,14H2,1-2H3,(H,25,30). The molecular weight excluding hydrogens is 413 g/mol. The number of benzene rings is 2. The second kappa shape index (κ2) is 8.62. The van der Waals surface area contributed by atoms with Gasteiger partial charge in [0.15, 0.2) is 5.52 Å². The Hall–Kier alpha value is -4.01.